The van der Waals surface area contributed by atoms with Gasteiger partial charge in [0.2, 0.25) is 0 Å². The molecular weight excluding hydrogens is 254 g/mol. The van der Waals surface area contributed by atoms with E-state index in [1.165, 1.54) is 12.8 Å². The normalized spacial score (nSPS) is 21.7. The lowest BCUT2D eigenvalue weighted by Gasteiger charge is -2.32. The maximum atomic E-state index is 5.71. The van der Waals surface area contributed by atoms with Crippen molar-refractivity contribution < 1.29 is 0 Å². The van der Waals surface area contributed by atoms with E-state index in [1.807, 2.05) is 12.1 Å². The van der Waals surface area contributed by atoms with E-state index < -0.39 is 0 Å². The highest BCUT2D eigenvalue weighted by atomic mass is 79.9. The summed E-state index contributed by atoms with van der Waals surface area (Å²) >= 11 is 3.53. The van der Waals surface area contributed by atoms with Crippen molar-refractivity contribution >= 4 is 27.6 Å². The van der Waals surface area contributed by atoms with Gasteiger partial charge in [-0.3, -0.25) is 0 Å². The van der Waals surface area contributed by atoms with Crippen molar-refractivity contribution in [3.8, 4) is 0 Å². The molecule has 4 heteroatoms. The first-order chi connectivity index (χ1) is 7.16. The van der Waals surface area contributed by atoms with Gasteiger partial charge in [0.15, 0.2) is 0 Å². The van der Waals surface area contributed by atoms with E-state index >= 15 is 0 Å². The monoisotopic (exact) mass is 269 g/mol. The Morgan fingerprint density at radius 3 is 3.07 bits per heavy atom. The molecule has 1 fully saturated rings. The Morgan fingerprint density at radius 1 is 1.53 bits per heavy atom. The summed E-state index contributed by atoms with van der Waals surface area (Å²) in [6, 6.07) is 3.79. The van der Waals surface area contributed by atoms with Gasteiger partial charge in [0.25, 0.3) is 0 Å². The number of piperidine rings is 1. The van der Waals surface area contributed by atoms with Crippen LogP contribution in [0.15, 0.2) is 16.6 Å². The van der Waals surface area contributed by atoms with Crippen LogP contribution in [0.25, 0.3) is 0 Å². The van der Waals surface area contributed by atoms with E-state index in [0.29, 0.717) is 5.82 Å². The molecule has 15 heavy (non-hydrogen) atoms. The molecule has 0 radical (unpaired) electrons. The molecule has 0 bridgehead atoms. The largest absolute Gasteiger partial charge is 0.384 e. The molecule has 1 aliphatic heterocycles. The highest BCUT2D eigenvalue weighted by Crippen LogP contribution is 2.28. The van der Waals surface area contributed by atoms with Crippen LogP contribution in [-0.4, -0.2) is 18.1 Å². The number of aromatic nitrogens is 1. The second kappa shape index (κ2) is 4.39. The van der Waals surface area contributed by atoms with Crippen molar-refractivity contribution in [2.75, 3.05) is 23.7 Å². The topological polar surface area (TPSA) is 42.2 Å². The van der Waals surface area contributed by atoms with E-state index in [1.54, 1.807) is 0 Å². The molecule has 0 spiro atoms. The molecule has 1 unspecified atom stereocenters. The van der Waals surface area contributed by atoms with Crippen molar-refractivity contribution in [3.05, 3.63) is 16.6 Å². The molecule has 2 N–H and O–H groups in total. The lowest BCUT2D eigenvalue weighted by Crippen LogP contribution is -2.35. The highest BCUT2D eigenvalue weighted by molar-refractivity contribution is 9.10. The van der Waals surface area contributed by atoms with Crippen LogP contribution < -0.4 is 10.6 Å². The van der Waals surface area contributed by atoms with Crippen LogP contribution in [0, 0.1) is 5.92 Å². The Bertz CT molecular complexity index is 354. The van der Waals surface area contributed by atoms with Crippen LogP contribution in [0.4, 0.5) is 11.6 Å². The van der Waals surface area contributed by atoms with E-state index in [4.69, 9.17) is 5.73 Å². The van der Waals surface area contributed by atoms with Crippen LogP contribution >= 0.6 is 15.9 Å². The maximum Gasteiger partial charge on any atom is 0.145 e. The maximum absolute atomic E-state index is 5.71. The smallest absolute Gasteiger partial charge is 0.145 e. The fraction of sp³-hybridized carbons (Fsp3) is 0.545. The first kappa shape index (κ1) is 10.7. The van der Waals surface area contributed by atoms with Crippen LogP contribution in [0.5, 0.6) is 0 Å². The molecule has 0 aromatic carbocycles. The van der Waals surface area contributed by atoms with E-state index in [9.17, 15) is 0 Å². The van der Waals surface area contributed by atoms with Crippen molar-refractivity contribution in [1.29, 1.82) is 0 Å². The third-order valence-electron chi connectivity index (χ3n) is 2.81. The zero-order valence-electron chi connectivity index (χ0n) is 8.91. The Hall–Kier alpha value is -0.770. The number of nitrogens with zero attached hydrogens (tertiary/aromatic N) is 2. The molecule has 1 aromatic heterocycles. The fourth-order valence-electron chi connectivity index (χ4n) is 2.05. The van der Waals surface area contributed by atoms with E-state index in [-0.39, 0.29) is 0 Å². The number of hydrogen-bond donors (Lipinski definition) is 1. The predicted octanol–water partition coefficient (Wildman–Crippen LogP) is 2.66. The minimum Gasteiger partial charge on any atom is -0.384 e. The molecular formula is C11H16BrN3. The Kier molecular flexibility index (Phi) is 3.14. The first-order valence-electron chi connectivity index (χ1n) is 5.34. The molecule has 0 saturated carbocycles. The van der Waals surface area contributed by atoms with Gasteiger partial charge in [0.05, 0.1) is 4.47 Å². The Balaban J connectivity index is 2.24. The zero-order chi connectivity index (χ0) is 10.8. The van der Waals surface area contributed by atoms with Crippen LogP contribution in [0.2, 0.25) is 0 Å². The molecule has 2 heterocycles. The molecule has 0 amide bonds. The Labute approximate surface area is 98.8 Å². The van der Waals surface area contributed by atoms with Gasteiger partial charge in [0.1, 0.15) is 11.6 Å². The SMILES string of the molecule is CC1CCCN(c2nc(N)ccc2Br)C1. The average Bonchev–Trinajstić information content (AvgIpc) is 2.22. The molecule has 82 valence electrons. The lowest BCUT2D eigenvalue weighted by atomic mass is 10.0. The summed E-state index contributed by atoms with van der Waals surface area (Å²) in [7, 11) is 0. The standard InChI is InChI=1S/C11H16BrN3/c1-8-3-2-6-15(7-8)11-9(12)4-5-10(13)14-11/h4-5,8H,2-3,6-7H2,1H3,(H2,13,14). The number of halogens is 1. The Morgan fingerprint density at radius 2 is 2.33 bits per heavy atom. The van der Waals surface area contributed by atoms with Gasteiger partial charge in [-0.25, -0.2) is 4.98 Å². The molecule has 1 atom stereocenters. The van der Waals surface area contributed by atoms with Crippen molar-refractivity contribution in [2.24, 2.45) is 5.92 Å². The van der Waals surface area contributed by atoms with Gasteiger partial charge >= 0.3 is 0 Å². The number of pyridine rings is 1. The first-order valence-corrected chi connectivity index (χ1v) is 6.13. The summed E-state index contributed by atoms with van der Waals surface area (Å²) in [5.74, 6) is 2.32. The van der Waals surface area contributed by atoms with Gasteiger partial charge in [-0.1, -0.05) is 6.92 Å². The lowest BCUT2D eigenvalue weighted by molar-refractivity contribution is 0.444. The van der Waals surface area contributed by atoms with Crippen molar-refractivity contribution in [2.45, 2.75) is 19.8 Å². The third-order valence-corrected chi connectivity index (χ3v) is 3.42. The zero-order valence-corrected chi connectivity index (χ0v) is 10.5. The summed E-state index contributed by atoms with van der Waals surface area (Å²) in [5, 5.41) is 0. The van der Waals surface area contributed by atoms with Gasteiger partial charge in [-0.05, 0) is 46.8 Å². The molecule has 0 aliphatic carbocycles. The summed E-state index contributed by atoms with van der Waals surface area (Å²) in [6.07, 6.45) is 2.56. The van der Waals surface area contributed by atoms with E-state index in [0.717, 1.165) is 29.3 Å². The molecule has 3 nitrogen and oxygen atoms in total. The molecule has 1 aromatic rings. The van der Waals surface area contributed by atoms with Crippen LogP contribution in [0.3, 0.4) is 0 Å². The molecule has 1 aliphatic rings. The van der Waals surface area contributed by atoms with Crippen molar-refractivity contribution in [1.82, 2.24) is 4.98 Å². The number of nitrogens with two attached hydrogens (primary N) is 1. The van der Waals surface area contributed by atoms with E-state index in [2.05, 4.69) is 32.7 Å². The van der Waals surface area contributed by atoms with Gasteiger partial charge in [-0.15, -0.1) is 0 Å². The minimum absolute atomic E-state index is 0.589. The number of hydrogen-bond acceptors (Lipinski definition) is 3. The summed E-state index contributed by atoms with van der Waals surface area (Å²) in [6.45, 7) is 4.45. The van der Waals surface area contributed by atoms with Crippen molar-refractivity contribution in [3.63, 3.8) is 0 Å². The van der Waals surface area contributed by atoms with Gasteiger partial charge in [-0.2, -0.15) is 0 Å². The number of nitrogen functional groups attached to an aromatic ring is 1. The highest BCUT2D eigenvalue weighted by Gasteiger charge is 2.19. The number of anilines is 2. The van der Waals surface area contributed by atoms with Crippen LogP contribution in [0.1, 0.15) is 19.8 Å². The predicted molar refractivity (Wildman–Crippen MR) is 67.0 cm³/mol. The third kappa shape index (κ3) is 2.43. The van der Waals surface area contributed by atoms with Gasteiger partial charge in [0, 0.05) is 13.1 Å². The minimum atomic E-state index is 0.589. The molecule has 2 rings (SSSR count). The average molecular weight is 270 g/mol. The van der Waals surface area contributed by atoms with Crippen LogP contribution in [-0.2, 0) is 0 Å². The summed E-state index contributed by atoms with van der Waals surface area (Å²) in [4.78, 5) is 6.70. The summed E-state index contributed by atoms with van der Waals surface area (Å²) in [5.41, 5.74) is 5.71. The molecule has 1 saturated heterocycles. The fourth-order valence-corrected chi connectivity index (χ4v) is 2.52. The quantitative estimate of drug-likeness (QED) is 0.853. The second-order valence-corrected chi connectivity index (χ2v) is 5.09. The second-order valence-electron chi connectivity index (χ2n) is 4.23. The number of rotatable bonds is 1. The van der Waals surface area contributed by atoms with Gasteiger partial charge < -0.3 is 10.6 Å². The summed E-state index contributed by atoms with van der Waals surface area (Å²) < 4.78 is 1.03.